The van der Waals surface area contributed by atoms with Crippen molar-refractivity contribution in [2.24, 2.45) is 4.99 Å². The maximum absolute atomic E-state index is 13.5. The van der Waals surface area contributed by atoms with Gasteiger partial charge in [-0.15, -0.1) is 10.5 Å². The summed E-state index contributed by atoms with van der Waals surface area (Å²) in [5, 5.41) is 10.8. The number of benzene rings is 3. The van der Waals surface area contributed by atoms with E-state index in [0.717, 1.165) is 28.4 Å². The van der Waals surface area contributed by atoms with Crippen LogP contribution in [0.25, 0.3) is 0 Å². The van der Waals surface area contributed by atoms with Crippen LogP contribution in [0.5, 0.6) is 5.75 Å². The van der Waals surface area contributed by atoms with Crippen molar-refractivity contribution in [2.45, 2.75) is 13.2 Å². The van der Waals surface area contributed by atoms with Gasteiger partial charge in [-0.3, -0.25) is 4.79 Å². The molecular formula is C33H33ClFN5O2S. The van der Waals surface area contributed by atoms with E-state index >= 15 is 0 Å². The van der Waals surface area contributed by atoms with Crippen molar-refractivity contribution in [3.05, 3.63) is 129 Å². The van der Waals surface area contributed by atoms with E-state index in [1.54, 1.807) is 30.3 Å². The number of hydrogen-bond acceptors (Lipinski definition) is 6. The highest BCUT2D eigenvalue weighted by Gasteiger charge is 2.26. The fraction of sp³-hybridized carbons (Fsp3) is 0.182. The predicted octanol–water partition coefficient (Wildman–Crippen LogP) is 6.34. The molecule has 3 aromatic carbocycles. The third-order valence-electron chi connectivity index (χ3n) is 6.58. The van der Waals surface area contributed by atoms with Crippen LogP contribution in [0, 0.1) is 5.82 Å². The summed E-state index contributed by atoms with van der Waals surface area (Å²) in [5.41, 5.74) is 3.56. The van der Waals surface area contributed by atoms with E-state index in [1.807, 2.05) is 61.1 Å². The average Bonchev–Trinajstić information content (AvgIpc) is 3.42. The number of likely N-dealkylation sites (N-methyl/N-ethyl adjacent to an activating group) is 1. The standard InChI is InChI=1S/C33H33ClFN5O2S/c1-39(2)16-15-36-31(41)14-18-43-17-13-28-32(37-23-40(33(28)43)21-24-7-4-3-5-8-24)38-27-11-12-30(29(34)20-27)42-22-25-9-6-10-26(35)19-25/h3-14,17-20,23,38H,15-16,21-22H2,1-2H3,(H,36,41)/b18-14+. The number of aliphatic imine (C=N–C) groups is 1. The molecule has 2 heterocycles. The lowest BCUT2D eigenvalue weighted by Crippen LogP contribution is -2.33. The molecule has 5 rings (SSSR count). The average molecular weight is 618 g/mol. The molecule has 0 saturated heterocycles. The van der Waals surface area contributed by atoms with Crippen molar-refractivity contribution < 1.29 is 13.9 Å². The number of carbonyl (C=O) groups excluding carboxylic acids is 1. The predicted molar refractivity (Wildman–Crippen MR) is 176 cm³/mol. The second-order valence-electron chi connectivity index (χ2n) is 10.2. The molecule has 0 saturated carbocycles. The number of hydrogen-bond donors (Lipinski definition) is 2. The number of anilines is 1. The zero-order valence-corrected chi connectivity index (χ0v) is 25.5. The van der Waals surface area contributed by atoms with Crippen LogP contribution in [0.2, 0.25) is 5.02 Å². The van der Waals surface area contributed by atoms with Crippen LogP contribution in [0.15, 0.2) is 112 Å². The minimum atomic E-state index is -0.444. The number of halogens is 2. The van der Waals surface area contributed by atoms with Crippen LogP contribution < -0.4 is 15.4 Å². The fourth-order valence-electron chi connectivity index (χ4n) is 4.44. The maximum atomic E-state index is 13.5. The first kappa shape index (κ1) is 30.3. The second-order valence-corrected chi connectivity index (χ2v) is 12.3. The number of nitrogens with zero attached hydrogens (tertiary/aromatic N) is 3. The number of rotatable bonds is 12. The maximum Gasteiger partial charge on any atom is 0.244 e. The van der Waals surface area contributed by atoms with E-state index in [1.165, 1.54) is 12.1 Å². The number of carbonyl (C=O) groups is 1. The minimum Gasteiger partial charge on any atom is -0.487 e. The molecule has 0 spiro atoms. The molecule has 2 N–H and O–H groups in total. The highest BCUT2D eigenvalue weighted by atomic mass is 35.5. The largest absolute Gasteiger partial charge is 0.487 e. The first-order valence-electron chi connectivity index (χ1n) is 13.8. The van der Waals surface area contributed by atoms with Gasteiger partial charge < -0.3 is 25.2 Å². The Bertz CT molecular complexity index is 1640. The number of ether oxygens (including phenoxy) is 1. The van der Waals surface area contributed by atoms with Crippen LogP contribution in [-0.2, 0) is 17.9 Å². The Morgan fingerprint density at radius 1 is 1.09 bits per heavy atom. The molecule has 0 aliphatic carbocycles. The van der Waals surface area contributed by atoms with E-state index in [4.69, 9.17) is 21.3 Å². The molecule has 43 heavy (non-hydrogen) atoms. The topological polar surface area (TPSA) is 69.2 Å². The van der Waals surface area contributed by atoms with Gasteiger partial charge in [0.1, 0.15) is 24.0 Å². The van der Waals surface area contributed by atoms with Gasteiger partial charge in [0.25, 0.3) is 0 Å². The smallest absolute Gasteiger partial charge is 0.244 e. The number of amides is 1. The third-order valence-corrected chi connectivity index (χ3v) is 8.63. The summed E-state index contributed by atoms with van der Waals surface area (Å²) in [4.78, 5) is 22.4. The Kier molecular flexibility index (Phi) is 10.1. The van der Waals surface area contributed by atoms with Gasteiger partial charge in [-0.2, -0.15) is 0 Å². The van der Waals surface area contributed by atoms with Gasteiger partial charge in [0.15, 0.2) is 0 Å². The zero-order chi connectivity index (χ0) is 30.2. The molecule has 1 atom stereocenters. The molecule has 1 unspecified atom stereocenters. The first-order chi connectivity index (χ1) is 20.9. The Morgan fingerprint density at radius 3 is 2.67 bits per heavy atom. The molecule has 0 fully saturated rings. The van der Waals surface area contributed by atoms with Crippen molar-refractivity contribution in [2.75, 3.05) is 32.5 Å². The molecule has 0 aromatic heterocycles. The molecule has 0 bridgehead atoms. The SMILES string of the molecule is CN(C)CCNC(=O)/C=C/S1=C2C(=C(Nc3ccc(OCc4cccc(F)c4)c(Cl)c3)N=CN2Cc2ccccc2)C=C1. The molecule has 222 valence electrons. The molecule has 7 nitrogen and oxygen atoms in total. The molecule has 1 amide bonds. The van der Waals surface area contributed by atoms with Crippen LogP contribution in [-0.4, -0.2) is 54.2 Å². The van der Waals surface area contributed by atoms with Crippen LogP contribution in [0.3, 0.4) is 0 Å². The highest BCUT2D eigenvalue weighted by Crippen LogP contribution is 2.37. The van der Waals surface area contributed by atoms with Crippen molar-refractivity contribution >= 4 is 45.0 Å². The molecule has 0 radical (unpaired) electrons. The molecule has 2 aliphatic rings. The van der Waals surface area contributed by atoms with Gasteiger partial charge in [0, 0.05) is 37.0 Å². The van der Waals surface area contributed by atoms with Gasteiger partial charge in [-0.25, -0.2) is 9.38 Å². The monoisotopic (exact) mass is 617 g/mol. The first-order valence-corrected chi connectivity index (χ1v) is 15.5. The van der Waals surface area contributed by atoms with Crippen molar-refractivity contribution in [1.82, 2.24) is 15.1 Å². The van der Waals surface area contributed by atoms with Crippen molar-refractivity contribution in [3.8, 4) is 5.75 Å². The summed E-state index contributed by atoms with van der Waals surface area (Å²) in [6, 6.07) is 21.9. The van der Waals surface area contributed by atoms with E-state index in [-0.39, 0.29) is 18.3 Å². The summed E-state index contributed by atoms with van der Waals surface area (Å²) in [6.07, 6.45) is 5.48. The van der Waals surface area contributed by atoms with E-state index in [9.17, 15) is 9.18 Å². The van der Waals surface area contributed by atoms with Crippen LogP contribution in [0.4, 0.5) is 10.1 Å². The van der Waals surface area contributed by atoms with Gasteiger partial charge in [0.05, 0.1) is 16.3 Å². The minimum absolute atomic E-state index is 0.118. The Morgan fingerprint density at radius 2 is 1.91 bits per heavy atom. The van der Waals surface area contributed by atoms with Gasteiger partial charge in [0.2, 0.25) is 5.91 Å². The van der Waals surface area contributed by atoms with Crippen LogP contribution in [0.1, 0.15) is 11.1 Å². The number of nitrogens with one attached hydrogen (secondary N) is 2. The lowest BCUT2D eigenvalue weighted by atomic mass is 10.1. The highest BCUT2D eigenvalue weighted by molar-refractivity contribution is 8.21. The summed E-state index contributed by atoms with van der Waals surface area (Å²) in [7, 11) is 3.50. The summed E-state index contributed by atoms with van der Waals surface area (Å²) in [6.45, 7) is 2.21. The Balaban J connectivity index is 1.35. The second kappa shape index (κ2) is 14.3. The normalized spacial score (nSPS) is 15.9. The lowest BCUT2D eigenvalue weighted by Gasteiger charge is -2.28. The van der Waals surface area contributed by atoms with Crippen molar-refractivity contribution in [3.63, 3.8) is 0 Å². The number of fused-ring (bicyclic) bond motifs is 1. The van der Waals surface area contributed by atoms with Gasteiger partial charge in [-0.05, 0) is 72.4 Å². The van der Waals surface area contributed by atoms with Crippen LogP contribution >= 0.6 is 22.1 Å². The molecule has 10 heteroatoms. The summed E-state index contributed by atoms with van der Waals surface area (Å²) < 4.78 is 19.3. The quantitative estimate of drug-likeness (QED) is 0.183. The van der Waals surface area contributed by atoms with E-state index in [0.29, 0.717) is 35.2 Å². The molecule has 2 aliphatic heterocycles. The summed E-state index contributed by atoms with van der Waals surface area (Å²) in [5.74, 6) is 0.751. The molecule has 3 aromatic rings. The summed E-state index contributed by atoms with van der Waals surface area (Å²) >= 11 is 6.55. The molecular weight excluding hydrogens is 585 g/mol. The van der Waals surface area contributed by atoms with Gasteiger partial charge >= 0.3 is 0 Å². The van der Waals surface area contributed by atoms with E-state index < -0.39 is 10.5 Å². The van der Waals surface area contributed by atoms with Crippen molar-refractivity contribution in [1.29, 1.82) is 0 Å². The zero-order valence-electron chi connectivity index (χ0n) is 24.0. The Hall–Kier alpha value is -4.18. The fourth-order valence-corrected chi connectivity index (χ4v) is 6.38. The Labute approximate surface area is 258 Å². The van der Waals surface area contributed by atoms with E-state index in [2.05, 4.69) is 33.1 Å². The third kappa shape index (κ3) is 8.22. The lowest BCUT2D eigenvalue weighted by molar-refractivity contribution is -0.116. The van der Waals surface area contributed by atoms with Gasteiger partial charge in [-0.1, -0.05) is 54.1 Å².